The Morgan fingerprint density at radius 3 is 2.46 bits per heavy atom. The molecular formula is C19H21NO4. The number of anilines is 1. The summed E-state index contributed by atoms with van der Waals surface area (Å²) in [6, 6.07) is 12.4. The largest absolute Gasteiger partial charge is 0.481 e. The molecule has 0 saturated carbocycles. The standard InChI is InChI=1S/C19H21NO4/c1-12-8-7-11-17(13(12)2)24-14(3)18(21)20-16-10-6-5-9-15(16)19(22)23-4/h5-11,14H,1-4H3,(H,20,21)/t14-/m0/s1. The van der Waals surface area contributed by atoms with Gasteiger partial charge in [-0.25, -0.2) is 4.79 Å². The summed E-state index contributed by atoms with van der Waals surface area (Å²) in [5.41, 5.74) is 2.78. The van der Waals surface area contributed by atoms with Gasteiger partial charge in [-0.05, 0) is 50.1 Å². The number of hydrogen-bond acceptors (Lipinski definition) is 4. The zero-order chi connectivity index (χ0) is 17.7. The number of nitrogens with one attached hydrogen (secondary N) is 1. The van der Waals surface area contributed by atoms with E-state index in [1.165, 1.54) is 7.11 Å². The summed E-state index contributed by atoms with van der Waals surface area (Å²) >= 11 is 0. The number of hydrogen-bond donors (Lipinski definition) is 1. The highest BCUT2D eigenvalue weighted by molar-refractivity contribution is 6.02. The zero-order valence-corrected chi connectivity index (χ0v) is 14.3. The Labute approximate surface area is 141 Å². The van der Waals surface area contributed by atoms with Gasteiger partial charge in [0.25, 0.3) is 5.91 Å². The molecule has 0 fully saturated rings. The summed E-state index contributed by atoms with van der Waals surface area (Å²) in [5.74, 6) is -0.180. The molecule has 0 aliphatic rings. The Morgan fingerprint density at radius 2 is 1.75 bits per heavy atom. The highest BCUT2D eigenvalue weighted by atomic mass is 16.5. The molecule has 2 rings (SSSR count). The summed E-state index contributed by atoms with van der Waals surface area (Å²) in [6.45, 7) is 5.60. The number of methoxy groups -OCH3 is 1. The van der Waals surface area contributed by atoms with Crippen molar-refractivity contribution in [1.82, 2.24) is 0 Å². The van der Waals surface area contributed by atoms with Crippen molar-refractivity contribution in [3.05, 3.63) is 59.2 Å². The molecule has 1 amide bonds. The van der Waals surface area contributed by atoms with Crippen LogP contribution in [0, 0.1) is 13.8 Å². The van der Waals surface area contributed by atoms with Crippen molar-refractivity contribution in [1.29, 1.82) is 0 Å². The van der Waals surface area contributed by atoms with Gasteiger partial charge in [-0.15, -0.1) is 0 Å². The first-order chi connectivity index (χ1) is 11.4. The molecule has 24 heavy (non-hydrogen) atoms. The molecule has 126 valence electrons. The van der Waals surface area contributed by atoms with E-state index in [0.29, 0.717) is 17.0 Å². The Bertz CT molecular complexity index is 755. The van der Waals surface area contributed by atoms with Crippen LogP contribution < -0.4 is 10.1 Å². The summed E-state index contributed by atoms with van der Waals surface area (Å²) in [6.07, 6.45) is -0.712. The molecule has 0 bridgehead atoms. The molecule has 0 aliphatic heterocycles. The number of ether oxygens (including phenoxy) is 2. The highest BCUT2D eigenvalue weighted by Crippen LogP contribution is 2.22. The maximum absolute atomic E-state index is 12.4. The van der Waals surface area contributed by atoms with Crippen molar-refractivity contribution in [2.75, 3.05) is 12.4 Å². The lowest BCUT2D eigenvalue weighted by Gasteiger charge is -2.18. The van der Waals surface area contributed by atoms with Crippen LogP contribution in [-0.4, -0.2) is 25.1 Å². The fourth-order valence-corrected chi connectivity index (χ4v) is 2.21. The number of carbonyl (C=O) groups excluding carboxylic acids is 2. The predicted molar refractivity (Wildman–Crippen MR) is 92.4 cm³/mol. The number of benzene rings is 2. The first-order valence-electron chi connectivity index (χ1n) is 7.65. The number of esters is 1. The van der Waals surface area contributed by atoms with E-state index in [9.17, 15) is 9.59 Å². The quantitative estimate of drug-likeness (QED) is 0.854. The van der Waals surface area contributed by atoms with E-state index >= 15 is 0 Å². The van der Waals surface area contributed by atoms with Crippen molar-refractivity contribution < 1.29 is 19.1 Å². The topological polar surface area (TPSA) is 64.6 Å². The zero-order valence-electron chi connectivity index (χ0n) is 14.3. The van der Waals surface area contributed by atoms with Gasteiger partial charge in [0, 0.05) is 0 Å². The smallest absolute Gasteiger partial charge is 0.339 e. The van der Waals surface area contributed by atoms with Crippen LogP contribution in [0.5, 0.6) is 5.75 Å². The predicted octanol–water partition coefficient (Wildman–Crippen LogP) is 3.50. The van der Waals surface area contributed by atoms with E-state index in [1.54, 1.807) is 31.2 Å². The minimum Gasteiger partial charge on any atom is -0.481 e. The van der Waals surface area contributed by atoms with Crippen molar-refractivity contribution >= 4 is 17.6 Å². The number of rotatable bonds is 5. The molecule has 2 aromatic rings. The minimum absolute atomic E-state index is 0.298. The monoisotopic (exact) mass is 327 g/mol. The number of para-hydroxylation sites is 1. The summed E-state index contributed by atoms with van der Waals surface area (Å²) in [7, 11) is 1.30. The maximum atomic E-state index is 12.4. The lowest BCUT2D eigenvalue weighted by Crippen LogP contribution is -2.31. The summed E-state index contributed by atoms with van der Waals surface area (Å²) in [5, 5.41) is 2.72. The molecule has 0 aliphatic carbocycles. The molecule has 0 saturated heterocycles. The molecule has 0 radical (unpaired) electrons. The first kappa shape index (κ1) is 17.5. The van der Waals surface area contributed by atoms with Crippen LogP contribution in [0.2, 0.25) is 0 Å². The summed E-state index contributed by atoms with van der Waals surface area (Å²) < 4.78 is 10.5. The van der Waals surface area contributed by atoms with E-state index in [1.807, 2.05) is 32.0 Å². The highest BCUT2D eigenvalue weighted by Gasteiger charge is 2.19. The van der Waals surface area contributed by atoms with Gasteiger partial charge in [-0.3, -0.25) is 4.79 Å². The summed E-state index contributed by atoms with van der Waals surface area (Å²) in [4.78, 5) is 24.1. The Hall–Kier alpha value is -2.82. The van der Waals surface area contributed by atoms with E-state index in [-0.39, 0.29) is 5.91 Å². The third kappa shape index (κ3) is 3.93. The van der Waals surface area contributed by atoms with Crippen molar-refractivity contribution in [2.45, 2.75) is 26.9 Å². The number of carbonyl (C=O) groups is 2. The van der Waals surface area contributed by atoms with Crippen LogP contribution in [0.4, 0.5) is 5.69 Å². The third-order valence-corrected chi connectivity index (χ3v) is 3.82. The van der Waals surface area contributed by atoms with Crippen molar-refractivity contribution in [3.63, 3.8) is 0 Å². The van der Waals surface area contributed by atoms with Crippen LogP contribution >= 0.6 is 0 Å². The molecule has 1 N–H and O–H groups in total. The molecule has 0 spiro atoms. The molecule has 5 heteroatoms. The van der Waals surface area contributed by atoms with Gasteiger partial charge in [-0.1, -0.05) is 24.3 Å². The van der Waals surface area contributed by atoms with Crippen molar-refractivity contribution in [3.8, 4) is 5.75 Å². The molecule has 1 atom stereocenters. The molecule has 5 nitrogen and oxygen atoms in total. The molecule has 0 aromatic heterocycles. The first-order valence-corrected chi connectivity index (χ1v) is 7.65. The van der Waals surface area contributed by atoms with Gasteiger partial charge in [0.1, 0.15) is 5.75 Å². The van der Waals surface area contributed by atoms with E-state index in [4.69, 9.17) is 9.47 Å². The fourth-order valence-electron chi connectivity index (χ4n) is 2.21. The van der Waals surface area contributed by atoms with Crippen LogP contribution in [0.3, 0.4) is 0 Å². The van der Waals surface area contributed by atoms with Gasteiger partial charge in [0.2, 0.25) is 0 Å². The lowest BCUT2D eigenvalue weighted by molar-refractivity contribution is -0.122. The van der Waals surface area contributed by atoms with Crippen LogP contribution in [0.25, 0.3) is 0 Å². The lowest BCUT2D eigenvalue weighted by atomic mass is 10.1. The molecule has 2 aromatic carbocycles. The van der Waals surface area contributed by atoms with Crippen molar-refractivity contribution in [2.24, 2.45) is 0 Å². The number of aryl methyl sites for hydroxylation is 1. The Balaban J connectivity index is 2.13. The van der Waals surface area contributed by atoms with Gasteiger partial charge >= 0.3 is 5.97 Å². The van der Waals surface area contributed by atoms with Crippen LogP contribution in [0.1, 0.15) is 28.4 Å². The van der Waals surface area contributed by atoms with E-state index in [0.717, 1.165) is 11.1 Å². The van der Waals surface area contributed by atoms with Gasteiger partial charge in [-0.2, -0.15) is 0 Å². The number of amides is 1. The average Bonchev–Trinajstić information content (AvgIpc) is 2.58. The normalized spacial score (nSPS) is 11.5. The second-order valence-corrected chi connectivity index (χ2v) is 5.48. The molecular weight excluding hydrogens is 306 g/mol. The molecule has 0 heterocycles. The van der Waals surface area contributed by atoms with Gasteiger partial charge < -0.3 is 14.8 Å². The Morgan fingerprint density at radius 1 is 1.04 bits per heavy atom. The van der Waals surface area contributed by atoms with Gasteiger partial charge in [0.05, 0.1) is 18.4 Å². The maximum Gasteiger partial charge on any atom is 0.339 e. The third-order valence-electron chi connectivity index (χ3n) is 3.82. The van der Waals surface area contributed by atoms with Crippen LogP contribution in [0.15, 0.2) is 42.5 Å². The second-order valence-electron chi connectivity index (χ2n) is 5.48. The molecule has 0 unspecified atom stereocenters. The second kappa shape index (κ2) is 7.64. The average molecular weight is 327 g/mol. The Kier molecular flexibility index (Phi) is 5.58. The van der Waals surface area contributed by atoms with E-state index < -0.39 is 12.1 Å². The SMILES string of the molecule is COC(=O)c1ccccc1NC(=O)[C@H](C)Oc1cccc(C)c1C. The van der Waals surface area contributed by atoms with Gasteiger partial charge in [0.15, 0.2) is 6.10 Å². The van der Waals surface area contributed by atoms with Crippen LogP contribution in [-0.2, 0) is 9.53 Å². The minimum atomic E-state index is -0.712. The fraction of sp³-hybridized carbons (Fsp3) is 0.263. The van der Waals surface area contributed by atoms with E-state index in [2.05, 4.69) is 5.32 Å².